The summed E-state index contributed by atoms with van der Waals surface area (Å²) in [5.74, 6) is 0.794. The molecule has 0 aromatic carbocycles. The van der Waals surface area contributed by atoms with Crippen molar-refractivity contribution >= 4 is 0 Å². The van der Waals surface area contributed by atoms with Crippen LogP contribution >= 0.6 is 0 Å². The van der Waals surface area contributed by atoms with Crippen molar-refractivity contribution in [2.75, 3.05) is 13.2 Å². The number of aliphatic hydroxyl groups is 1. The fraction of sp³-hybridized carbons (Fsp3) is 1.00. The summed E-state index contributed by atoms with van der Waals surface area (Å²) in [6, 6.07) is 0.905. The Bertz CT molecular complexity index is 372. The molecule has 2 bridgehead atoms. The van der Waals surface area contributed by atoms with Crippen molar-refractivity contribution in [3.63, 3.8) is 0 Å². The quantitative estimate of drug-likeness (QED) is 0.778. The lowest BCUT2D eigenvalue weighted by atomic mass is 9.70. The molecule has 0 aliphatic heterocycles. The molecule has 0 aromatic heterocycles. The summed E-state index contributed by atoms with van der Waals surface area (Å²) in [6.07, 6.45) is 3.72. The number of hydrogen-bond acceptors (Lipinski definition) is 3. The summed E-state index contributed by atoms with van der Waals surface area (Å²) in [4.78, 5) is 2.33. The number of aliphatic hydroxyl groups excluding tert-OH is 1. The highest BCUT2D eigenvalue weighted by molar-refractivity contribution is 5.11. The van der Waals surface area contributed by atoms with Crippen LogP contribution in [-0.2, 0) is 4.74 Å². The highest BCUT2D eigenvalue weighted by Crippen LogP contribution is 2.66. The van der Waals surface area contributed by atoms with E-state index < -0.39 is 6.10 Å². The predicted octanol–water partition coefficient (Wildman–Crippen LogP) is 3.70. The molecule has 2 saturated carbocycles. The SMILES string of the molecule is CC(C)N(C[C@H](O)CO[C@H]1C[C@H]2CC[C@@]1(C)C2(C)C)C(C)C. The Morgan fingerprint density at radius 1 is 1.14 bits per heavy atom. The maximum atomic E-state index is 10.4. The molecule has 4 atom stereocenters. The van der Waals surface area contributed by atoms with Crippen molar-refractivity contribution in [2.24, 2.45) is 16.7 Å². The second-order valence-corrected chi connectivity index (χ2v) is 8.97. The first-order valence-corrected chi connectivity index (χ1v) is 9.15. The normalized spacial score (nSPS) is 35.0. The van der Waals surface area contributed by atoms with Crippen molar-refractivity contribution in [3.05, 3.63) is 0 Å². The van der Waals surface area contributed by atoms with Crippen LogP contribution in [0.5, 0.6) is 0 Å². The minimum absolute atomic E-state index is 0.285. The Labute approximate surface area is 137 Å². The minimum Gasteiger partial charge on any atom is -0.389 e. The van der Waals surface area contributed by atoms with Crippen LogP contribution in [0.25, 0.3) is 0 Å². The number of fused-ring (bicyclic) bond motifs is 2. The number of hydrogen-bond donors (Lipinski definition) is 1. The Balaban J connectivity index is 1.86. The van der Waals surface area contributed by atoms with Gasteiger partial charge in [0.15, 0.2) is 0 Å². The van der Waals surface area contributed by atoms with E-state index in [-0.39, 0.29) is 5.41 Å². The van der Waals surface area contributed by atoms with E-state index in [1.165, 1.54) is 19.3 Å². The molecule has 2 aliphatic rings. The number of ether oxygens (including phenoxy) is 1. The molecular formula is C19H37NO2. The maximum Gasteiger partial charge on any atom is 0.0900 e. The van der Waals surface area contributed by atoms with Crippen LogP contribution in [0.1, 0.15) is 67.7 Å². The molecule has 0 aromatic rings. The second-order valence-electron chi connectivity index (χ2n) is 8.97. The molecule has 0 amide bonds. The van der Waals surface area contributed by atoms with Crippen LogP contribution in [0.2, 0.25) is 0 Å². The zero-order chi connectivity index (χ0) is 16.7. The van der Waals surface area contributed by atoms with Gasteiger partial charge in [-0.15, -0.1) is 0 Å². The molecule has 3 nitrogen and oxygen atoms in total. The van der Waals surface area contributed by atoms with Crippen LogP contribution < -0.4 is 0 Å². The number of nitrogens with zero attached hydrogens (tertiary/aromatic N) is 1. The van der Waals surface area contributed by atoms with E-state index >= 15 is 0 Å². The van der Waals surface area contributed by atoms with E-state index in [1.807, 2.05) is 0 Å². The molecule has 2 rings (SSSR count). The average molecular weight is 312 g/mol. The van der Waals surface area contributed by atoms with Crippen LogP contribution in [-0.4, -0.2) is 47.4 Å². The van der Waals surface area contributed by atoms with Crippen molar-refractivity contribution < 1.29 is 9.84 Å². The lowest BCUT2D eigenvalue weighted by Gasteiger charge is -2.39. The van der Waals surface area contributed by atoms with Gasteiger partial charge >= 0.3 is 0 Å². The highest BCUT2D eigenvalue weighted by atomic mass is 16.5. The predicted molar refractivity (Wildman–Crippen MR) is 92.0 cm³/mol. The first-order valence-electron chi connectivity index (χ1n) is 9.15. The van der Waals surface area contributed by atoms with Crippen LogP contribution in [0, 0.1) is 16.7 Å². The summed E-state index contributed by atoms with van der Waals surface area (Å²) in [5, 5.41) is 10.4. The maximum absolute atomic E-state index is 10.4. The van der Waals surface area contributed by atoms with E-state index in [0.29, 0.717) is 36.8 Å². The zero-order valence-electron chi connectivity index (χ0n) is 15.7. The lowest BCUT2D eigenvalue weighted by molar-refractivity contribution is -0.0819. The van der Waals surface area contributed by atoms with E-state index in [9.17, 15) is 5.11 Å². The van der Waals surface area contributed by atoms with Gasteiger partial charge in [0.1, 0.15) is 0 Å². The molecule has 0 spiro atoms. The smallest absolute Gasteiger partial charge is 0.0900 e. The van der Waals surface area contributed by atoms with E-state index in [2.05, 4.69) is 53.4 Å². The third kappa shape index (κ3) is 3.09. The summed E-state index contributed by atoms with van der Waals surface area (Å²) in [5.41, 5.74) is 0.664. The Morgan fingerprint density at radius 3 is 2.14 bits per heavy atom. The fourth-order valence-corrected chi connectivity index (χ4v) is 4.92. The van der Waals surface area contributed by atoms with Crippen molar-refractivity contribution in [1.82, 2.24) is 4.90 Å². The standard InChI is InChI=1S/C19H37NO2/c1-13(2)20(14(3)4)11-16(21)12-22-17-10-15-8-9-19(17,7)18(15,5)6/h13-17,21H,8-12H2,1-7H3/t15-,16+,17+,19-/m1/s1. The topological polar surface area (TPSA) is 32.7 Å². The minimum atomic E-state index is -0.393. The molecule has 3 heteroatoms. The second kappa shape index (κ2) is 6.41. The Morgan fingerprint density at radius 2 is 1.73 bits per heavy atom. The van der Waals surface area contributed by atoms with Gasteiger partial charge in [-0.25, -0.2) is 0 Å². The molecule has 0 heterocycles. The van der Waals surface area contributed by atoms with Crippen molar-refractivity contribution in [2.45, 2.75) is 92.0 Å². The zero-order valence-corrected chi connectivity index (χ0v) is 15.7. The largest absolute Gasteiger partial charge is 0.389 e. The Hall–Kier alpha value is -0.120. The third-order valence-corrected chi connectivity index (χ3v) is 6.95. The van der Waals surface area contributed by atoms with Gasteiger partial charge in [0.05, 0.1) is 18.8 Å². The average Bonchev–Trinajstić information content (AvgIpc) is 2.74. The fourth-order valence-electron chi connectivity index (χ4n) is 4.92. The Kier molecular flexibility index (Phi) is 5.31. The van der Waals surface area contributed by atoms with Crippen LogP contribution in [0.15, 0.2) is 0 Å². The molecular weight excluding hydrogens is 274 g/mol. The first kappa shape index (κ1) is 18.2. The van der Waals surface area contributed by atoms with Gasteiger partial charge in [0.25, 0.3) is 0 Å². The summed E-state index contributed by atoms with van der Waals surface area (Å²) in [7, 11) is 0. The lowest BCUT2D eigenvalue weighted by Crippen LogP contribution is -2.44. The van der Waals surface area contributed by atoms with Crippen LogP contribution in [0.4, 0.5) is 0 Å². The molecule has 0 saturated heterocycles. The van der Waals surface area contributed by atoms with Gasteiger partial charge < -0.3 is 9.84 Å². The van der Waals surface area contributed by atoms with Gasteiger partial charge in [0, 0.05) is 18.6 Å². The highest BCUT2D eigenvalue weighted by Gasteiger charge is 2.61. The summed E-state index contributed by atoms with van der Waals surface area (Å²) in [6.45, 7) is 17.1. The molecule has 2 fully saturated rings. The van der Waals surface area contributed by atoms with Crippen molar-refractivity contribution in [1.29, 1.82) is 0 Å². The molecule has 0 radical (unpaired) electrons. The van der Waals surface area contributed by atoms with Gasteiger partial charge in [-0.2, -0.15) is 0 Å². The molecule has 22 heavy (non-hydrogen) atoms. The van der Waals surface area contributed by atoms with Crippen molar-refractivity contribution in [3.8, 4) is 0 Å². The molecule has 130 valence electrons. The first-order chi connectivity index (χ1) is 10.1. The van der Waals surface area contributed by atoms with Gasteiger partial charge in [-0.05, 0) is 63.7 Å². The number of rotatable bonds is 7. The monoisotopic (exact) mass is 311 g/mol. The van der Waals surface area contributed by atoms with Crippen LogP contribution in [0.3, 0.4) is 0 Å². The van der Waals surface area contributed by atoms with E-state index in [0.717, 1.165) is 5.92 Å². The molecule has 2 aliphatic carbocycles. The molecule has 0 unspecified atom stereocenters. The van der Waals surface area contributed by atoms with Gasteiger partial charge in [-0.1, -0.05) is 20.8 Å². The summed E-state index contributed by atoms with van der Waals surface area (Å²) >= 11 is 0. The van der Waals surface area contributed by atoms with E-state index in [4.69, 9.17) is 4.74 Å². The van der Waals surface area contributed by atoms with Gasteiger partial charge in [-0.3, -0.25) is 4.90 Å². The third-order valence-electron chi connectivity index (χ3n) is 6.95. The summed E-state index contributed by atoms with van der Waals surface area (Å²) < 4.78 is 6.22. The van der Waals surface area contributed by atoms with E-state index in [1.54, 1.807) is 0 Å². The molecule has 1 N–H and O–H groups in total. The van der Waals surface area contributed by atoms with Gasteiger partial charge in [0.2, 0.25) is 0 Å².